The van der Waals surface area contributed by atoms with Crippen molar-refractivity contribution in [3.63, 3.8) is 0 Å². The van der Waals surface area contributed by atoms with Crippen LogP contribution in [0.3, 0.4) is 0 Å². The minimum atomic E-state index is -2.32. The van der Waals surface area contributed by atoms with Crippen molar-refractivity contribution in [2.75, 3.05) is 33.5 Å². The molecule has 1 heterocycles. The van der Waals surface area contributed by atoms with Crippen LogP contribution in [-0.4, -0.2) is 125 Å². The summed E-state index contributed by atoms with van der Waals surface area (Å²) in [5, 5.41) is 58.4. The third-order valence-electron chi connectivity index (χ3n) is 9.26. The Balaban J connectivity index is 0.00000627. The minimum Gasteiger partial charge on any atom is -0.507 e. The summed E-state index contributed by atoms with van der Waals surface area (Å²) in [6.45, 7) is 2.75. The zero-order chi connectivity index (χ0) is 38.1. The average molecular weight is 768 g/mol. The molecule has 1 aliphatic heterocycles. The molecule has 2 aromatic carbocycles. The highest BCUT2D eigenvalue weighted by atomic mass is 35.5. The number of nitrogens with one attached hydrogen (secondary N) is 1. The summed E-state index contributed by atoms with van der Waals surface area (Å²) in [4.78, 5) is 63.0. The molecule has 2 aromatic rings. The van der Waals surface area contributed by atoms with Crippen LogP contribution in [0.2, 0.25) is 0 Å². The van der Waals surface area contributed by atoms with Gasteiger partial charge in [-0.05, 0) is 13.0 Å². The molecule has 17 nitrogen and oxygen atoms in total. The second-order valence-corrected chi connectivity index (χ2v) is 12.8. The van der Waals surface area contributed by atoms with Crippen LogP contribution in [0.4, 0.5) is 0 Å². The number of fused-ring (bicyclic) bond motifs is 3. The van der Waals surface area contributed by atoms with E-state index in [1.165, 1.54) is 25.3 Å². The highest BCUT2D eigenvalue weighted by Gasteiger charge is 2.50. The first kappa shape index (κ1) is 41.6. The first-order valence-electron chi connectivity index (χ1n) is 16.5. The molecule has 0 bridgehead atoms. The molecule has 6 N–H and O–H groups in total. The number of ether oxygens (including phenoxy) is 6. The zero-order valence-corrected chi connectivity index (χ0v) is 30.1. The van der Waals surface area contributed by atoms with Crippen LogP contribution in [-0.2, 0) is 44.5 Å². The third kappa shape index (κ3) is 8.32. The number of rotatable bonds is 13. The van der Waals surface area contributed by atoms with Crippen LogP contribution in [0.1, 0.15) is 82.7 Å². The van der Waals surface area contributed by atoms with Gasteiger partial charge in [0.15, 0.2) is 17.9 Å². The largest absolute Gasteiger partial charge is 0.507 e. The van der Waals surface area contributed by atoms with Crippen LogP contribution in [0.25, 0.3) is 0 Å². The number of aromatic hydroxyl groups is 2. The maximum atomic E-state index is 13.9. The van der Waals surface area contributed by atoms with Crippen molar-refractivity contribution >= 4 is 41.7 Å². The number of esters is 2. The number of phenols is 2. The van der Waals surface area contributed by atoms with E-state index >= 15 is 0 Å². The summed E-state index contributed by atoms with van der Waals surface area (Å²) in [6, 6.07) is 3.64. The van der Waals surface area contributed by atoms with Crippen LogP contribution in [0.15, 0.2) is 18.2 Å². The van der Waals surface area contributed by atoms with Gasteiger partial charge in [-0.2, -0.15) is 0 Å². The topological polar surface area (TPSA) is 254 Å². The summed E-state index contributed by atoms with van der Waals surface area (Å²) in [5.41, 5.74) is -3.96. The molecule has 0 amide bonds. The molecule has 290 valence electrons. The lowest BCUT2D eigenvalue weighted by molar-refractivity contribution is -0.250. The van der Waals surface area contributed by atoms with Gasteiger partial charge in [0.1, 0.15) is 36.1 Å². The lowest BCUT2D eigenvalue weighted by Crippen LogP contribution is -2.55. The molecule has 1 saturated heterocycles. The Morgan fingerprint density at radius 1 is 1.04 bits per heavy atom. The number of aliphatic hydroxyl groups is 3. The predicted molar refractivity (Wildman–Crippen MR) is 181 cm³/mol. The van der Waals surface area contributed by atoms with Crippen LogP contribution in [0, 0.1) is 0 Å². The van der Waals surface area contributed by atoms with Gasteiger partial charge in [0.2, 0.25) is 5.78 Å². The quantitative estimate of drug-likeness (QED) is 0.0600. The Morgan fingerprint density at radius 3 is 2.32 bits per heavy atom. The molecular weight excluding hydrogens is 726 g/mol. The minimum absolute atomic E-state index is 0. The fourth-order valence-corrected chi connectivity index (χ4v) is 6.88. The van der Waals surface area contributed by atoms with E-state index in [0.717, 1.165) is 13.8 Å². The highest BCUT2D eigenvalue weighted by molar-refractivity contribution is 6.31. The number of Topliss-reactive ketones (excluding diaryl/α,β-unsaturated/α-hetero) is 1. The third-order valence-corrected chi connectivity index (χ3v) is 9.26. The van der Waals surface area contributed by atoms with Crippen molar-refractivity contribution in [1.29, 1.82) is 0 Å². The molecule has 5 rings (SSSR count). The number of aliphatic hydroxyl groups excluding tert-OH is 2. The van der Waals surface area contributed by atoms with Gasteiger partial charge in [-0.15, -0.1) is 12.4 Å². The molecule has 0 saturated carbocycles. The number of hydrogen-bond donors (Lipinski definition) is 6. The first-order chi connectivity index (χ1) is 24.6. The molecular formula is C35H42ClNO16. The van der Waals surface area contributed by atoms with Gasteiger partial charge in [-0.3, -0.25) is 24.0 Å². The number of halogens is 1. The van der Waals surface area contributed by atoms with Crippen molar-refractivity contribution in [3.05, 3.63) is 51.6 Å². The predicted octanol–water partition coefficient (Wildman–Crippen LogP) is 0.523. The lowest BCUT2D eigenvalue weighted by atomic mass is 9.72. The Morgan fingerprint density at radius 2 is 1.70 bits per heavy atom. The van der Waals surface area contributed by atoms with Crippen LogP contribution in [0.5, 0.6) is 17.2 Å². The van der Waals surface area contributed by atoms with Crippen LogP contribution < -0.4 is 10.1 Å². The fraction of sp³-hybridized carbons (Fsp3) is 0.514. The van der Waals surface area contributed by atoms with E-state index in [9.17, 15) is 49.5 Å². The van der Waals surface area contributed by atoms with Crippen molar-refractivity contribution in [2.24, 2.45) is 0 Å². The highest BCUT2D eigenvalue weighted by Crippen LogP contribution is 2.52. The smallest absolute Gasteiger partial charge is 0.305 e. The maximum absolute atomic E-state index is 13.9. The Labute approximate surface area is 309 Å². The number of benzene rings is 2. The van der Waals surface area contributed by atoms with Crippen molar-refractivity contribution < 1.29 is 77.9 Å². The maximum Gasteiger partial charge on any atom is 0.305 e. The Bertz CT molecular complexity index is 1750. The monoisotopic (exact) mass is 767 g/mol. The van der Waals surface area contributed by atoms with Gasteiger partial charge >= 0.3 is 11.9 Å². The molecule has 3 aliphatic rings. The summed E-state index contributed by atoms with van der Waals surface area (Å²) in [6.07, 6.45) is -6.90. The summed E-state index contributed by atoms with van der Waals surface area (Å²) < 4.78 is 32.7. The Kier molecular flexibility index (Phi) is 13.2. The molecule has 2 aliphatic carbocycles. The molecule has 1 fully saturated rings. The Hall–Kier alpha value is -4.20. The van der Waals surface area contributed by atoms with E-state index in [1.807, 2.05) is 0 Å². The van der Waals surface area contributed by atoms with E-state index in [-0.39, 0.29) is 66.6 Å². The zero-order valence-electron chi connectivity index (χ0n) is 29.3. The first-order valence-corrected chi connectivity index (χ1v) is 16.5. The normalized spacial score (nSPS) is 24.7. The van der Waals surface area contributed by atoms with Gasteiger partial charge in [-0.25, -0.2) is 0 Å². The SMILES string of the molecule is COc1cccc2c1C(=O)c1c(O)c3c(c(O)c1C2=O)C[C@@](O)(C(=O)CO)CC3OC1CC(NCCOCC(OC(C)=O)OC(C)=O)C(O)C(C)O1.Cl. The number of methoxy groups -OCH3 is 1. The second kappa shape index (κ2) is 16.9. The summed E-state index contributed by atoms with van der Waals surface area (Å²) >= 11 is 0. The molecule has 53 heavy (non-hydrogen) atoms. The van der Waals surface area contributed by atoms with Gasteiger partial charge in [0.05, 0.1) is 48.7 Å². The van der Waals surface area contributed by atoms with E-state index < -0.39 is 114 Å². The van der Waals surface area contributed by atoms with E-state index in [2.05, 4.69) is 5.32 Å². The van der Waals surface area contributed by atoms with Crippen LogP contribution >= 0.6 is 12.4 Å². The standard InChI is InChI=1S/C35H41NO16.ClH/c1-15-30(41)20(36-8-9-48-14-25(50-16(2)38)51-17(3)39)10-24(49-15)52-22-12-35(46,23(40)13-37)11-19-27(22)34(45)29-28(32(19)43)31(42)18-6-5-7-21(47-4)26(18)33(29)44;/h5-7,15,20,22,24-25,30,36-37,41,43,45-46H,8-14H2,1-4H3;1H/t15?,20?,22?,24?,30?,35-;/m0./s1. The van der Waals surface area contributed by atoms with E-state index in [1.54, 1.807) is 6.92 Å². The molecule has 0 spiro atoms. The lowest BCUT2D eigenvalue weighted by Gasteiger charge is -2.43. The molecule has 0 radical (unpaired) electrons. The fourth-order valence-electron chi connectivity index (χ4n) is 6.88. The average Bonchev–Trinajstić information content (AvgIpc) is 3.08. The van der Waals surface area contributed by atoms with Crippen molar-refractivity contribution in [1.82, 2.24) is 5.32 Å². The number of ketones is 3. The van der Waals surface area contributed by atoms with Crippen molar-refractivity contribution in [2.45, 2.75) is 82.6 Å². The van der Waals surface area contributed by atoms with E-state index in [4.69, 9.17) is 28.4 Å². The molecule has 6 atom stereocenters. The number of carbonyl (C=O) groups is 5. The van der Waals surface area contributed by atoms with Gasteiger partial charge in [0, 0.05) is 62.4 Å². The summed E-state index contributed by atoms with van der Waals surface area (Å²) in [5.74, 6) is -5.37. The molecule has 0 aromatic heterocycles. The molecule has 18 heteroatoms. The molecule has 5 unspecified atom stereocenters. The number of phenolic OH excluding ortho intramolecular Hbond substituents is 2. The summed E-state index contributed by atoms with van der Waals surface area (Å²) in [7, 11) is 1.31. The van der Waals surface area contributed by atoms with Crippen molar-refractivity contribution in [3.8, 4) is 17.2 Å². The second-order valence-electron chi connectivity index (χ2n) is 12.8. The van der Waals surface area contributed by atoms with Gasteiger partial charge in [0.25, 0.3) is 6.29 Å². The van der Waals surface area contributed by atoms with Gasteiger partial charge < -0.3 is 59.3 Å². The van der Waals surface area contributed by atoms with E-state index in [0.29, 0.717) is 0 Å². The van der Waals surface area contributed by atoms with Gasteiger partial charge in [-0.1, -0.05) is 12.1 Å². The number of carbonyl (C=O) groups excluding carboxylic acids is 5. The number of hydrogen-bond acceptors (Lipinski definition) is 17.